The van der Waals surface area contributed by atoms with Crippen LogP contribution in [0.3, 0.4) is 0 Å². The molecule has 1 aliphatic rings. The van der Waals surface area contributed by atoms with Gasteiger partial charge in [0.05, 0.1) is 13.2 Å². The molecule has 2 N–H and O–H groups in total. The molecule has 1 fully saturated rings. The van der Waals surface area contributed by atoms with Crippen molar-refractivity contribution in [3.05, 3.63) is 35.9 Å². The molecule has 0 bridgehead atoms. The molecule has 2 unspecified atom stereocenters. The zero-order valence-corrected chi connectivity index (χ0v) is 17.2. The van der Waals surface area contributed by atoms with Crippen LogP contribution in [0.2, 0.25) is 0 Å². The molecule has 0 amide bonds. The van der Waals surface area contributed by atoms with E-state index in [1.54, 1.807) is 0 Å². The first kappa shape index (κ1) is 21.7. The number of guanidine groups is 1. The van der Waals surface area contributed by atoms with Crippen molar-refractivity contribution in [1.82, 2.24) is 10.6 Å². The first-order valence-corrected chi connectivity index (χ1v) is 10.4. The topological polar surface area (TPSA) is 54.9 Å². The average molecular weight is 376 g/mol. The van der Waals surface area contributed by atoms with Gasteiger partial charge in [-0.2, -0.15) is 0 Å². The smallest absolute Gasteiger partial charge is 0.191 e. The standard InChI is InChI=1S/C22H37N3O2/c1-4-23-22(24-12-8-13-26-16-19-11-14-27-17-19)25-15-21(18(2)3)20-9-6-5-7-10-20/h5-7,9-10,18-19,21H,4,8,11-17H2,1-3H3,(H2,23,24,25). The van der Waals surface area contributed by atoms with Crippen LogP contribution in [0.5, 0.6) is 0 Å². The minimum absolute atomic E-state index is 0.429. The molecule has 0 aliphatic carbocycles. The van der Waals surface area contributed by atoms with E-state index in [-0.39, 0.29) is 0 Å². The average Bonchev–Trinajstić information content (AvgIpc) is 3.18. The van der Waals surface area contributed by atoms with E-state index < -0.39 is 0 Å². The number of nitrogens with one attached hydrogen (secondary N) is 2. The van der Waals surface area contributed by atoms with Crippen molar-refractivity contribution in [2.24, 2.45) is 16.8 Å². The molecule has 1 aromatic carbocycles. The van der Waals surface area contributed by atoms with E-state index in [4.69, 9.17) is 14.5 Å². The van der Waals surface area contributed by atoms with Gasteiger partial charge in [-0.1, -0.05) is 44.2 Å². The normalized spacial score (nSPS) is 18.7. The van der Waals surface area contributed by atoms with E-state index in [0.29, 0.717) is 17.8 Å². The van der Waals surface area contributed by atoms with E-state index in [1.165, 1.54) is 5.56 Å². The Morgan fingerprint density at radius 1 is 1.26 bits per heavy atom. The molecular formula is C22H37N3O2. The monoisotopic (exact) mass is 375 g/mol. The number of nitrogens with zero attached hydrogens (tertiary/aromatic N) is 1. The third kappa shape index (κ3) is 8.31. The first-order valence-electron chi connectivity index (χ1n) is 10.4. The molecule has 1 heterocycles. The molecule has 2 rings (SSSR count). The predicted molar refractivity (Wildman–Crippen MR) is 112 cm³/mol. The molecule has 0 saturated carbocycles. The molecule has 5 heteroatoms. The number of aliphatic imine (C=N–C) groups is 1. The maximum atomic E-state index is 5.77. The third-order valence-electron chi connectivity index (χ3n) is 4.96. The Hall–Kier alpha value is -1.59. The van der Waals surface area contributed by atoms with Gasteiger partial charge in [-0.05, 0) is 31.2 Å². The molecule has 152 valence electrons. The molecule has 0 aromatic heterocycles. The van der Waals surface area contributed by atoms with Crippen LogP contribution in [0.1, 0.15) is 45.1 Å². The molecule has 0 spiro atoms. The second-order valence-corrected chi connectivity index (χ2v) is 7.57. The predicted octanol–water partition coefficient (Wildman–Crippen LogP) is 3.42. The summed E-state index contributed by atoms with van der Waals surface area (Å²) in [4.78, 5) is 4.83. The molecule has 5 nitrogen and oxygen atoms in total. The lowest BCUT2D eigenvalue weighted by atomic mass is 9.88. The zero-order chi connectivity index (χ0) is 19.3. The lowest BCUT2D eigenvalue weighted by Crippen LogP contribution is -2.38. The van der Waals surface area contributed by atoms with Gasteiger partial charge in [-0.15, -0.1) is 0 Å². The van der Waals surface area contributed by atoms with Gasteiger partial charge < -0.3 is 20.1 Å². The summed E-state index contributed by atoms with van der Waals surface area (Å²) in [6, 6.07) is 10.7. The second kappa shape index (κ2) is 12.7. The quantitative estimate of drug-likeness (QED) is 0.353. The zero-order valence-electron chi connectivity index (χ0n) is 17.2. The SMILES string of the molecule is CCNC(=NCC(c1ccccc1)C(C)C)NCCCOCC1CCOC1. The lowest BCUT2D eigenvalue weighted by molar-refractivity contribution is 0.0888. The highest BCUT2D eigenvalue weighted by Crippen LogP contribution is 2.24. The summed E-state index contributed by atoms with van der Waals surface area (Å²) >= 11 is 0. The number of benzene rings is 1. The fraction of sp³-hybridized carbons (Fsp3) is 0.682. The molecule has 27 heavy (non-hydrogen) atoms. The number of hydrogen-bond donors (Lipinski definition) is 2. The van der Waals surface area contributed by atoms with Gasteiger partial charge in [-0.25, -0.2) is 0 Å². The van der Waals surface area contributed by atoms with E-state index in [9.17, 15) is 0 Å². The Morgan fingerprint density at radius 2 is 2.07 bits per heavy atom. The fourth-order valence-corrected chi connectivity index (χ4v) is 3.28. The maximum Gasteiger partial charge on any atom is 0.191 e. The highest BCUT2D eigenvalue weighted by atomic mass is 16.5. The van der Waals surface area contributed by atoms with E-state index in [0.717, 1.165) is 64.9 Å². The van der Waals surface area contributed by atoms with Crippen LogP contribution in [0.25, 0.3) is 0 Å². The Labute approximate surface area is 164 Å². The fourth-order valence-electron chi connectivity index (χ4n) is 3.28. The van der Waals surface area contributed by atoms with Crippen LogP contribution in [-0.2, 0) is 9.47 Å². The number of rotatable bonds is 11. The van der Waals surface area contributed by atoms with Crippen LogP contribution in [0, 0.1) is 11.8 Å². The first-order chi connectivity index (χ1) is 13.2. The van der Waals surface area contributed by atoms with Gasteiger partial charge >= 0.3 is 0 Å². The Balaban J connectivity index is 1.73. The largest absolute Gasteiger partial charge is 0.381 e. The highest BCUT2D eigenvalue weighted by molar-refractivity contribution is 5.79. The van der Waals surface area contributed by atoms with Crippen molar-refractivity contribution in [3.63, 3.8) is 0 Å². The van der Waals surface area contributed by atoms with Crippen LogP contribution in [-0.4, -0.2) is 52.0 Å². The molecular weight excluding hydrogens is 338 g/mol. The van der Waals surface area contributed by atoms with Crippen molar-refractivity contribution < 1.29 is 9.47 Å². The summed E-state index contributed by atoms with van der Waals surface area (Å²) in [6.07, 6.45) is 2.11. The van der Waals surface area contributed by atoms with Gasteiger partial charge in [0, 0.05) is 44.7 Å². The summed E-state index contributed by atoms with van der Waals surface area (Å²) in [5.74, 6) is 2.46. The summed E-state index contributed by atoms with van der Waals surface area (Å²) in [6.45, 7) is 12.5. The summed E-state index contributed by atoms with van der Waals surface area (Å²) < 4.78 is 11.1. The minimum Gasteiger partial charge on any atom is -0.381 e. The Morgan fingerprint density at radius 3 is 2.74 bits per heavy atom. The summed E-state index contributed by atoms with van der Waals surface area (Å²) in [5, 5.41) is 6.77. The van der Waals surface area contributed by atoms with Crippen LogP contribution in [0.4, 0.5) is 0 Å². The van der Waals surface area contributed by atoms with E-state index in [1.807, 2.05) is 0 Å². The van der Waals surface area contributed by atoms with Crippen molar-refractivity contribution in [3.8, 4) is 0 Å². The van der Waals surface area contributed by atoms with Gasteiger partial charge in [0.1, 0.15) is 0 Å². The molecule has 0 radical (unpaired) electrons. The summed E-state index contributed by atoms with van der Waals surface area (Å²) in [7, 11) is 0. The van der Waals surface area contributed by atoms with Gasteiger partial charge in [0.2, 0.25) is 0 Å². The Bertz CT molecular complexity index is 528. The number of hydrogen-bond acceptors (Lipinski definition) is 3. The minimum atomic E-state index is 0.429. The molecule has 1 aromatic rings. The van der Waals surface area contributed by atoms with Crippen molar-refractivity contribution >= 4 is 5.96 Å². The van der Waals surface area contributed by atoms with Crippen molar-refractivity contribution in [2.45, 2.75) is 39.5 Å². The lowest BCUT2D eigenvalue weighted by Gasteiger charge is -2.20. The van der Waals surface area contributed by atoms with Gasteiger partial charge in [0.25, 0.3) is 0 Å². The second-order valence-electron chi connectivity index (χ2n) is 7.57. The third-order valence-corrected chi connectivity index (χ3v) is 4.96. The van der Waals surface area contributed by atoms with Crippen molar-refractivity contribution in [1.29, 1.82) is 0 Å². The van der Waals surface area contributed by atoms with Gasteiger partial charge in [0.15, 0.2) is 5.96 Å². The van der Waals surface area contributed by atoms with E-state index >= 15 is 0 Å². The molecule has 2 atom stereocenters. The molecule has 1 aliphatic heterocycles. The number of ether oxygens (including phenoxy) is 2. The van der Waals surface area contributed by atoms with Crippen molar-refractivity contribution in [2.75, 3.05) is 46.1 Å². The van der Waals surface area contributed by atoms with Crippen LogP contribution >= 0.6 is 0 Å². The van der Waals surface area contributed by atoms with Crippen LogP contribution < -0.4 is 10.6 Å². The summed E-state index contributed by atoms with van der Waals surface area (Å²) in [5.41, 5.74) is 1.36. The van der Waals surface area contributed by atoms with Gasteiger partial charge in [-0.3, -0.25) is 4.99 Å². The van der Waals surface area contributed by atoms with Crippen LogP contribution in [0.15, 0.2) is 35.3 Å². The molecule has 1 saturated heterocycles. The van der Waals surface area contributed by atoms with E-state index in [2.05, 4.69) is 61.7 Å². The Kier molecular flexibility index (Phi) is 10.2. The highest BCUT2D eigenvalue weighted by Gasteiger charge is 2.16. The maximum absolute atomic E-state index is 5.77.